The smallest absolute Gasteiger partial charge is 0.269 e. The van der Waals surface area contributed by atoms with Gasteiger partial charge < -0.3 is 19.7 Å². The molecule has 3 N–H and O–H groups in total. The second-order valence-electron chi connectivity index (χ2n) is 3.90. The maximum atomic E-state index is 11.4. The monoisotopic (exact) mass is 244 g/mol. The zero-order valence-electron chi connectivity index (χ0n) is 9.04. The summed E-state index contributed by atoms with van der Waals surface area (Å²) in [5.41, 5.74) is -0.943. The summed E-state index contributed by atoms with van der Waals surface area (Å²) in [5.74, 6) is -2.33. The van der Waals surface area contributed by atoms with Crippen LogP contribution in [0.15, 0.2) is 39.7 Å². The van der Waals surface area contributed by atoms with E-state index in [2.05, 4.69) is 0 Å². The molecule has 18 heavy (non-hydrogen) atoms. The summed E-state index contributed by atoms with van der Waals surface area (Å²) in [6.07, 6.45) is 1.37. The summed E-state index contributed by atoms with van der Waals surface area (Å²) in [5, 5.41) is 30.2. The maximum absolute atomic E-state index is 11.4. The molecule has 0 bridgehead atoms. The molecule has 5 heteroatoms. The van der Waals surface area contributed by atoms with Crippen LogP contribution in [-0.2, 0) is 0 Å². The van der Waals surface area contributed by atoms with Gasteiger partial charge in [-0.3, -0.25) is 4.79 Å². The van der Waals surface area contributed by atoms with Crippen LogP contribution < -0.4 is 5.43 Å². The van der Waals surface area contributed by atoms with Gasteiger partial charge in [0.05, 0.1) is 11.8 Å². The fourth-order valence-electron chi connectivity index (χ4n) is 1.98. The molecule has 0 aromatic heterocycles. The van der Waals surface area contributed by atoms with Gasteiger partial charge in [0.2, 0.25) is 11.5 Å². The lowest BCUT2D eigenvalue weighted by molar-refractivity contribution is 0.384. The molecular weight excluding hydrogens is 236 g/mol. The summed E-state index contributed by atoms with van der Waals surface area (Å²) in [6.45, 7) is 0. The van der Waals surface area contributed by atoms with E-state index in [-0.39, 0.29) is 11.3 Å². The van der Waals surface area contributed by atoms with E-state index in [1.807, 2.05) is 0 Å². The van der Waals surface area contributed by atoms with Crippen molar-refractivity contribution >= 4 is 10.8 Å². The minimum absolute atomic E-state index is 0.114. The molecule has 0 atom stereocenters. The molecule has 0 unspecified atom stereocenters. The number of aromatic hydroxyl groups is 3. The topological polar surface area (TPSA) is 90.9 Å². The van der Waals surface area contributed by atoms with E-state index >= 15 is 0 Å². The van der Waals surface area contributed by atoms with Crippen molar-refractivity contribution in [3.8, 4) is 28.6 Å². The third kappa shape index (κ3) is 1.18. The summed E-state index contributed by atoms with van der Waals surface area (Å²) < 4.78 is 5.15. The first kappa shape index (κ1) is 10.5. The first-order valence-electron chi connectivity index (χ1n) is 5.18. The number of fused-ring (bicyclic) bond motifs is 3. The molecule has 0 saturated heterocycles. The molecule has 0 fully saturated rings. The highest BCUT2D eigenvalue weighted by atomic mass is 16.4. The lowest BCUT2D eigenvalue weighted by atomic mass is 10.0. The molecular formula is C13H8O5. The predicted octanol–water partition coefficient (Wildman–Crippen LogP) is 2.01. The van der Waals surface area contributed by atoms with E-state index in [0.717, 1.165) is 0 Å². The van der Waals surface area contributed by atoms with Crippen molar-refractivity contribution in [2.24, 2.45) is 0 Å². The largest absolute Gasteiger partial charge is 0.504 e. The molecule has 1 aliphatic heterocycles. The van der Waals surface area contributed by atoms with Crippen LogP contribution in [0.4, 0.5) is 0 Å². The number of phenolic OH excluding ortho intramolecular Hbond substituents is 3. The van der Waals surface area contributed by atoms with E-state index in [0.29, 0.717) is 10.8 Å². The third-order valence-electron chi connectivity index (χ3n) is 2.87. The minimum atomic E-state index is -1.06. The standard InChI is InChI=1S/C13H8O5/c14-9-8-7-4-2-1-3-6(7)5-18-13(8)12(17)11(16)10(9)15/h1-5,14-15,17H. The normalized spacial score (nSPS) is 11.1. The SMILES string of the molecule is O=c1c(O)c2occ3ccccc3c-2c(O)c1O. The molecule has 5 nitrogen and oxygen atoms in total. The van der Waals surface area contributed by atoms with Gasteiger partial charge in [0.1, 0.15) is 0 Å². The molecule has 90 valence electrons. The summed E-state index contributed by atoms with van der Waals surface area (Å²) in [6, 6.07) is 6.95. The Hall–Kier alpha value is -2.69. The van der Waals surface area contributed by atoms with Crippen LogP contribution in [0, 0.1) is 0 Å². The maximum Gasteiger partial charge on any atom is 0.269 e. The number of hydrogen-bond acceptors (Lipinski definition) is 5. The van der Waals surface area contributed by atoms with Gasteiger partial charge in [0.15, 0.2) is 11.5 Å². The van der Waals surface area contributed by atoms with E-state index < -0.39 is 22.7 Å². The van der Waals surface area contributed by atoms with Gasteiger partial charge in [-0.05, 0) is 5.39 Å². The van der Waals surface area contributed by atoms with Gasteiger partial charge in [-0.15, -0.1) is 0 Å². The van der Waals surface area contributed by atoms with Gasteiger partial charge in [-0.1, -0.05) is 24.3 Å². The molecule has 1 heterocycles. The Labute approximate surface area is 100 Å². The number of phenols is 3. The highest BCUT2D eigenvalue weighted by Gasteiger charge is 2.25. The van der Waals surface area contributed by atoms with Crippen LogP contribution in [0.2, 0.25) is 0 Å². The molecule has 1 aromatic carbocycles. The molecule has 2 aliphatic rings. The Balaban J connectivity index is 2.65. The molecule has 0 saturated carbocycles. The predicted molar refractivity (Wildman–Crippen MR) is 64.1 cm³/mol. The quantitative estimate of drug-likeness (QED) is 0.319. The summed E-state index contributed by atoms with van der Waals surface area (Å²) in [7, 11) is 0. The van der Waals surface area contributed by atoms with E-state index in [9.17, 15) is 20.1 Å². The molecule has 0 spiro atoms. The molecule has 0 amide bonds. The average Bonchev–Trinajstić information content (AvgIpc) is 2.41. The third-order valence-corrected chi connectivity index (χ3v) is 2.87. The van der Waals surface area contributed by atoms with Gasteiger partial charge in [0.25, 0.3) is 5.43 Å². The van der Waals surface area contributed by atoms with Gasteiger partial charge >= 0.3 is 0 Å². The zero-order valence-corrected chi connectivity index (χ0v) is 9.04. The van der Waals surface area contributed by atoms with Crippen LogP contribution in [0.3, 0.4) is 0 Å². The second kappa shape index (κ2) is 3.40. The van der Waals surface area contributed by atoms with Crippen LogP contribution in [-0.4, -0.2) is 15.3 Å². The van der Waals surface area contributed by atoms with Crippen LogP contribution >= 0.6 is 0 Å². The first-order valence-corrected chi connectivity index (χ1v) is 5.18. The fraction of sp³-hybridized carbons (Fsp3) is 0. The summed E-state index contributed by atoms with van der Waals surface area (Å²) >= 11 is 0. The fourth-order valence-corrected chi connectivity index (χ4v) is 1.98. The molecule has 0 radical (unpaired) electrons. The Morgan fingerprint density at radius 3 is 2.44 bits per heavy atom. The number of hydrogen-bond donors (Lipinski definition) is 3. The summed E-state index contributed by atoms with van der Waals surface area (Å²) in [4.78, 5) is 11.4. The Morgan fingerprint density at radius 2 is 1.67 bits per heavy atom. The second-order valence-corrected chi connectivity index (χ2v) is 3.90. The van der Waals surface area contributed by atoms with Crippen molar-refractivity contribution in [3.05, 3.63) is 40.8 Å². The van der Waals surface area contributed by atoms with Gasteiger partial charge in [0, 0.05) is 5.39 Å². The first-order chi connectivity index (χ1) is 8.61. The van der Waals surface area contributed by atoms with E-state index in [4.69, 9.17) is 4.42 Å². The van der Waals surface area contributed by atoms with Crippen LogP contribution in [0.5, 0.6) is 17.2 Å². The molecule has 3 rings (SSSR count). The molecule has 1 aliphatic carbocycles. The highest BCUT2D eigenvalue weighted by Crippen LogP contribution is 2.44. The van der Waals surface area contributed by atoms with Crippen LogP contribution in [0.25, 0.3) is 22.1 Å². The Kier molecular flexibility index (Phi) is 1.98. The number of benzene rings is 2. The van der Waals surface area contributed by atoms with Crippen molar-refractivity contribution in [2.45, 2.75) is 0 Å². The molecule has 1 aromatic rings. The highest BCUT2D eigenvalue weighted by molar-refractivity contribution is 6.00. The van der Waals surface area contributed by atoms with Crippen molar-refractivity contribution in [3.63, 3.8) is 0 Å². The van der Waals surface area contributed by atoms with Gasteiger partial charge in [-0.25, -0.2) is 0 Å². The van der Waals surface area contributed by atoms with Gasteiger partial charge in [-0.2, -0.15) is 0 Å². The van der Waals surface area contributed by atoms with E-state index in [1.54, 1.807) is 24.3 Å². The van der Waals surface area contributed by atoms with Crippen molar-refractivity contribution in [2.75, 3.05) is 0 Å². The zero-order chi connectivity index (χ0) is 12.9. The van der Waals surface area contributed by atoms with E-state index in [1.165, 1.54) is 6.26 Å². The number of rotatable bonds is 0. The Morgan fingerprint density at radius 1 is 0.944 bits per heavy atom. The van der Waals surface area contributed by atoms with Crippen LogP contribution in [0.1, 0.15) is 0 Å². The lowest BCUT2D eigenvalue weighted by Crippen LogP contribution is -2.03. The average molecular weight is 244 g/mol. The Bertz CT molecular complexity index is 787. The van der Waals surface area contributed by atoms with Crippen molar-refractivity contribution < 1.29 is 19.7 Å². The minimum Gasteiger partial charge on any atom is -0.504 e. The van der Waals surface area contributed by atoms with Crippen molar-refractivity contribution in [1.82, 2.24) is 0 Å². The van der Waals surface area contributed by atoms with Crippen molar-refractivity contribution in [1.29, 1.82) is 0 Å². The lowest BCUT2D eigenvalue weighted by Gasteiger charge is -2.12.